The molecule has 4 aromatic heterocycles. The second-order valence-corrected chi connectivity index (χ2v) is 33.8. The van der Waals surface area contributed by atoms with Crippen molar-refractivity contribution in [3.05, 3.63) is 326 Å². The van der Waals surface area contributed by atoms with Crippen LogP contribution in [0, 0.1) is 0 Å². The number of furan rings is 2. The molecule has 0 atom stereocenters. The van der Waals surface area contributed by atoms with Gasteiger partial charge < -0.3 is 23.2 Å². The zero-order valence-electron chi connectivity index (χ0n) is 67.2. The third-order valence-corrected chi connectivity index (χ3v) is 24.2. The Labute approximate surface area is 646 Å². The Kier molecular flexibility index (Phi) is 13.2. The predicted octanol–water partition coefficient (Wildman–Crippen LogP) is 27.3. The van der Waals surface area contributed by atoms with Gasteiger partial charge in [0.1, 0.15) is 22.3 Å². The first-order valence-electron chi connectivity index (χ1n) is 40.3. The van der Waals surface area contributed by atoms with Crippen molar-refractivity contribution in [1.29, 1.82) is 0 Å². The van der Waals surface area contributed by atoms with Gasteiger partial charge in [0, 0.05) is 97.8 Å². The van der Waals surface area contributed by atoms with Crippen molar-refractivity contribution in [3.8, 4) is 61.3 Å². The van der Waals surface area contributed by atoms with Crippen LogP contribution in [0.4, 0.5) is 34.1 Å². The molecule has 5 nitrogen and oxygen atoms in total. The number of para-hydroxylation sites is 3. The summed E-state index contributed by atoms with van der Waals surface area (Å²) in [5.74, 6) is 0. The molecule has 2 aliphatic heterocycles. The van der Waals surface area contributed by atoms with Crippen molar-refractivity contribution in [2.24, 2.45) is 0 Å². The number of benzene rings is 15. The summed E-state index contributed by atoms with van der Waals surface area (Å²) < 4.78 is 65.8. The molecule has 109 heavy (non-hydrogen) atoms. The summed E-state index contributed by atoms with van der Waals surface area (Å²) >= 11 is 1.81. The van der Waals surface area contributed by atoms with Gasteiger partial charge in [-0.2, -0.15) is 0 Å². The van der Waals surface area contributed by atoms with Crippen LogP contribution in [0.1, 0.15) is 85.9 Å². The molecule has 0 aliphatic carbocycles. The monoisotopic (exact) mass is 1420 g/mol. The number of aromatic nitrogens is 1. The van der Waals surface area contributed by atoms with Crippen LogP contribution in [-0.2, 0) is 16.2 Å². The van der Waals surface area contributed by atoms with Gasteiger partial charge in [-0.3, -0.25) is 0 Å². The molecule has 522 valence electrons. The number of nitrogens with zero attached hydrogens (tertiary/aromatic N) is 3. The Hall–Kier alpha value is -12.4. The van der Waals surface area contributed by atoms with Crippen LogP contribution in [0.2, 0.25) is 0 Å². The average Bonchev–Trinajstić information content (AvgIpc) is 0.801. The lowest BCUT2D eigenvalue weighted by Crippen LogP contribution is -2.61. The van der Waals surface area contributed by atoms with Gasteiger partial charge in [-0.1, -0.05) is 268 Å². The van der Waals surface area contributed by atoms with E-state index in [4.69, 9.17) is 10.2 Å². The van der Waals surface area contributed by atoms with E-state index in [1.807, 2.05) is 29.5 Å². The van der Waals surface area contributed by atoms with Crippen LogP contribution in [0.3, 0.4) is 0 Å². The van der Waals surface area contributed by atoms with E-state index in [0.717, 1.165) is 178 Å². The molecule has 0 bridgehead atoms. The lowest BCUT2D eigenvalue weighted by molar-refractivity contribution is 0.590. The number of rotatable bonds is 8. The van der Waals surface area contributed by atoms with E-state index in [0.29, 0.717) is 5.56 Å². The Morgan fingerprint density at radius 2 is 0.844 bits per heavy atom. The normalized spacial score (nSPS) is 13.8. The first-order valence-corrected chi connectivity index (χ1v) is 38.6. The Morgan fingerprint density at radius 1 is 0.330 bits per heavy atom. The molecule has 0 fully saturated rings. The fourth-order valence-electron chi connectivity index (χ4n) is 17.8. The van der Waals surface area contributed by atoms with Crippen molar-refractivity contribution >= 4 is 154 Å². The standard InChI is InChI=1S/C102H78BN3O2S/c1-100(2,3)65-54-76(62-31-15-11-16-32-62)97(77(55-65)63-33-17-12-18-34-63)106-84-60-68(104-82-41-23-19-35-69(82)72-49-52-90-95(99(72)104)74-37-21-25-43-88(74)108-90)48-50-80(84)103-81-53-64(61-29-13-10-14-30-61)47-51-83(81)105(85-58-67(102(7,8)9)59-86(106)96(85)103)98-78(70-39-27-44-89-93(70)73-36-20-24-42-87(73)107-89)56-66(101(4,5)6)57-79(98)71-40-28-46-92-94(71)75-38-22-26-45-91(75)109-92/h10-60H,1-9H3/i10D,13D,14D,29D,30D. The van der Waals surface area contributed by atoms with Crippen molar-refractivity contribution in [2.75, 3.05) is 9.80 Å². The van der Waals surface area contributed by atoms with Gasteiger partial charge in [0.2, 0.25) is 0 Å². The van der Waals surface area contributed by atoms with Crippen molar-refractivity contribution in [3.63, 3.8) is 0 Å². The summed E-state index contributed by atoms with van der Waals surface area (Å²) in [5.41, 5.74) is 26.2. The van der Waals surface area contributed by atoms with Gasteiger partial charge in [-0.05, 0) is 186 Å². The van der Waals surface area contributed by atoms with E-state index in [1.165, 1.54) is 25.7 Å². The molecular formula is C102H78BN3O2S. The Bertz CT molecular complexity index is 7110. The zero-order chi connectivity index (χ0) is 77.9. The molecule has 6 heterocycles. The summed E-state index contributed by atoms with van der Waals surface area (Å²) in [6.45, 7) is 20.3. The van der Waals surface area contributed by atoms with Crippen LogP contribution in [-0.4, -0.2) is 11.3 Å². The lowest BCUT2D eigenvalue weighted by Gasteiger charge is -2.47. The third kappa shape index (κ3) is 10.1. The highest BCUT2D eigenvalue weighted by atomic mass is 32.1. The van der Waals surface area contributed by atoms with Gasteiger partial charge in [-0.25, -0.2) is 0 Å². The fourth-order valence-corrected chi connectivity index (χ4v) is 19.0. The van der Waals surface area contributed by atoms with E-state index in [-0.39, 0.29) is 28.5 Å². The first-order chi connectivity index (χ1) is 55.0. The molecule has 15 aromatic carbocycles. The summed E-state index contributed by atoms with van der Waals surface area (Å²) in [6, 6.07) is 100. The smallest absolute Gasteiger partial charge is 0.252 e. The fraction of sp³-hybridized carbons (Fsp3) is 0.118. The minimum absolute atomic E-state index is 0.131. The second kappa shape index (κ2) is 24.0. The summed E-state index contributed by atoms with van der Waals surface area (Å²) in [7, 11) is 0. The number of hydrogen-bond acceptors (Lipinski definition) is 5. The highest BCUT2D eigenvalue weighted by molar-refractivity contribution is 7.26. The molecule has 7 heteroatoms. The molecule has 19 aromatic rings. The van der Waals surface area contributed by atoms with Gasteiger partial charge in [0.15, 0.2) is 0 Å². The predicted molar refractivity (Wildman–Crippen MR) is 466 cm³/mol. The molecule has 0 unspecified atom stereocenters. The van der Waals surface area contributed by atoms with E-state index in [1.54, 1.807) is 0 Å². The highest BCUT2D eigenvalue weighted by Crippen LogP contribution is 2.58. The second-order valence-electron chi connectivity index (χ2n) is 32.7. The molecule has 0 N–H and O–H groups in total. The van der Waals surface area contributed by atoms with E-state index in [9.17, 15) is 5.48 Å². The maximum absolute atomic E-state index is 9.82. The summed E-state index contributed by atoms with van der Waals surface area (Å²) in [5, 5.41) is 8.64. The van der Waals surface area contributed by atoms with Gasteiger partial charge in [0.05, 0.1) is 34.6 Å². The number of thiophene rings is 1. The maximum atomic E-state index is 9.82. The van der Waals surface area contributed by atoms with Crippen molar-refractivity contribution in [2.45, 2.75) is 78.6 Å². The van der Waals surface area contributed by atoms with E-state index in [2.05, 4.69) is 338 Å². The van der Waals surface area contributed by atoms with Crippen LogP contribution < -0.4 is 26.2 Å². The quantitative estimate of drug-likeness (QED) is 0.142. The molecule has 0 spiro atoms. The SMILES string of the molecule is [2H]c1c([2H])c([2H])c(-c2ccc3c(c2)B2c4ccc(-n5c6ccccc6c6ccc7oc8ccccc8c7c65)cc4N(c4c(-c5ccccc5)cc(C(C)(C)C)cc4-c4ccccc4)c4cc(C(C)(C)C)cc(c42)N3c2c(-c3cccc4oc5ccccc5c34)cc(C(C)(C)C)cc2-c2cccc3sc4ccccc4c23)c([2H])c1[2H]. The highest BCUT2D eigenvalue weighted by Gasteiger charge is 2.47. The van der Waals surface area contributed by atoms with Crippen LogP contribution in [0.15, 0.2) is 318 Å². The van der Waals surface area contributed by atoms with E-state index >= 15 is 0 Å². The minimum atomic E-state index is -0.566. The Morgan fingerprint density at radius 3 is 1.50 bits per heavy atom. The molecule has 21 rings (SSSR count). The summed E-state index contributed by atoms with van der Waals surface area (Å²) in [6.07, 6.45) is 0. The number of fused-ring (bicyclic) bond motifs is 17. The van der Waals surface area contributed by atoms with Crippen LogP contribution in [0.25, 0.3) is 147 Å². The largest absolute Gasteiger partial charge is 0.456 e. The topological polar surface area (TPSA) is 37.7 Å². The van der Waals surface area contributed by atoms with Gasteiger partial charge in [-0.15, -0.1) is 11.3 Å². The summed E-state index contributed by atoms with van der Waals surface area (Å²) in [4.78, 5) is 5.20. The molecule has 0 amide bonds. The van der Waals surface area contributed by atoms with Crippen molar-refractivity contribution in [1.82, 2.24) is 4.57 Å². The molecule has 2 aliphatic rings. The maximum Gasteiger partial charge on any atom is 0.252 e. The van der Waals surface area contributed by atoms with Gasteiger partial charge >= 0.3 is 0 Å². The molecule has 0 saturated heterocycles. The van der Waals surface area contributed by atoms with Crippen LogP contribution in [0.5, 0.6) is 0 Å². The molecule has 0 radical (unpaired) electrons. The van der Waals surface area contributed by atoms with Crippen LogP contribution >= 0.6 is 11.3 Å². The van der Waals surface area contributed by atoms with Gasteiger partial charge in [0.25, 0.3) is 6.71 Å². The zero-order valence-corrected chi connectivity index (χ0v) is 63.0. The number of hydrogen-bond donors (Lipinski definition) is 0. The van der Waals surface area contributed by atoms with Crippen molar-refractivity contribution < 1.29 is 15.7 Å². The third-order valence-electron chi connectivity index (χ3n) is 23.1. The minimum Gasteiger partial charge on any atom is -0.456 e. The first kappa shape index (κ1) is 59.7. The molecule has 0 saturated carbocycles. The lowest BCUT2D eigenvalue weighted by atomic mass is 9.33. The average molecular weight is 1430 g/mol. The van der Waals surface area contributed by atoms with E-state index < -0.39 is 30.3 Å². The number of anilines is 6. The Balaban J connectivity index is 0.977. The molecular weight excluding hydrogens is 1340 g/mol.